The Balaban J connectivity index is 1.27. The highest BCUT2D eigenvalue weighted by molar-refractivity contribution is 7.98. The largest absolute Gasteiger partial charge is 0.334 e. The summed E-state index contributed by atoms with van der Waals surface area (Å²) >= 11 is 1.66. The second-order valence-corrected chi connectivity index (χ2v) is 7.58. The van der Waals surface area contributed by atoms with Crippen LogP contribution in [0, 0.1) is 0 Å². The summed E-state index contributed by atoms with van der Waals surface area (Å²) in [5, 5.41) is 11.0. The lowest BCUT2D eigenvalue weighted by Gasteiger charge is -2.10. The Bertz CT molecular complexity index is 1080. The molecule has 30 heavy (non-hydrogen) atoms. The summed E-state index contributed by atoms with van der Waals surface area (Å²) in [4.78, 5) is 16.6. The lowest BCUT2D eigenvalue weighted by Crippen LogP contribution is -2.28. The van der Waals surface area contributed by atoms with E-state index in [1.807, 2.05) is 79.0 Å². The molecule has 0 saturated heterocycles. The lowest BCUT2D eigenvalue weighted by molar-refractivity contribution is 0.251. The average Bonchev–Trinajstić information content (AvgIpc) is 3.33. The number of aromatic nitrogens is 3. The smallest absolute Gasteiger partial charge is 0.319 e. The van der Waals surface area contributed by atoms with Crippen LogP contribution in [0.15, 0.2) is 96.4 Å². The van der Waals surface area contributed by atoms with Gasteiger partial charge in [-0.15, -0.1) is 11.8 Å². The number of benzene rings is 2. The van der Waals surface area contributed by atoms with E-state index in [1.165, 1.54) is 0 Å². The molecular formula is C23H21N5OS. The monoisotopic (exact) mass is 415 g/mol. The highest BCUT2D eigenvalue weighted by Gasteiger charge is 2.04. The molecule has 2 N–H and O–H groups in total. The minimum atomic E-state index is -0.235. The molecule has 0 aliphatic carbocycles. The van der Waals surface area contributed by atoms with Crippen LogP contribution in [0.1, 0.15) is 11.1 Å². The van der Waals surface area contributed by atoms with E-state index in [2.05, 4.69) is 20.7 Å². The number of anilines is 1. The van der Waals surface area contributed by atoms with Crippen molar-refractivity contribution in [3.05, 3.63) is 103 Å². The van der Waals surface area contributed by atoms with Crippen molar-refractivity contribution in [2.45, 2.75) is 17.3 Å². The fourth-order valence-electron chi connectivity index (χ4n) is 2.87. The van der Waals surface area contributed by atoms with Gasteiger partial charge in [0.05, 0.1) is 10.7 Å². The quantitative estimate of drug-likeness (QED) is 0.422. The highest BCUT2D eigenvalue weighted by Crippen LogP contribution is 2.22. The minimum Gasteiger partial charge on any atom is -0.334 e. The van der Waals surface area contributed by atoms with Crippen molar-refractivity contribution in [1.82, 2.24) is 20.1 Å². The van der Waals surface area contributed by atoms with E-state index in [0.717, 1.165) is 33.3 Å². The minimum absolute atomic E-state index is 0.235. The van der Waals surface area contributed by atoms with Crippen LogP contribution in [0.3, 0.4) is 0 Å². The summed E-state index contributed by atoms with van der Waals surface area (Å²) in [6, 6.07) is 23.3. The number of amides is 2. The first-order valence-electron chi connectivity index (χ1n) is 9.53. The summed E-state index contributed by atoms with van der Waals surface area (Å²) in [6.45, 7) is 0.445. The molecule has 2 aromatic heterocycles. The van der Waals surface area contributed by atoms with Crippen LogP contribution in [0.25, 0.3) is 5.69 Å². The van der Waals surface area contributed by atoms with Gasteiger partial charge in [0, 0.05) is 36.6 Å². The number of hydrogen-bond donors (Lipinski definition) is 2. The van der Waals surface area contributed by atoms with Crippen LogP contribution in [-0.2, 0) is 12.3 Å². The molecule has 2 amide bonds. The molecular weight excluding hydrogens is 394 g/mol. The number of carbonyl (C=O) groups is 1. The summed E-state index contributed by atoms with van der Waals surface area (Å²) in [7, 11) is 0. The fourth-order valence-corrected chi connectivity index (χ4v) is 3.68. The first-order valence-corrected chi connectivity index (χ1v) is 10.5. The number of hydrogen-bond acceptors (Lipinski definition) is 4. The van der Waals surface area contributed by atoms with Gasteiger partial charge in [-0.1, -0.05) is 30.3 Å². The summed E-state index contributed by atoms with van der Waals surface area (Å²) in [6.07, 6.45) is 5.42. The first-order chi connectivity index (χ1) is 14.8. The molecule has 0 aliphatic heterocycles. The van der Waals surface area contributed by atoms with E-state index in [-0.39, 0.29) is 6.03 Å². The van der Waals surface area contributed by atoms with Gasteiger partial charge in [-0.3, -0.25) is 0 Å². The Morgan fingerprint density at radius 2 is 1.83 bits per heavy atom. The second kappa shape index (κ2) is 9.76. The van der Waals surface area contributed by atoms with Gasteiger partial charge in [-0.25, -0.2) is 14.5 Å². The topological polar surface area (TPSA) is 71.8 Å². The highest BCUT2D eigenvalue weighted by atomic mass is 32.2. The van der Waals surface area contributed by atoms with Gasteiger partial charge in [-0.05, 0) is 53.6 Å². The maximum Gasteiger partial charge on any atom is 0.319 e. The lowest BCUT2D eigenvalue weighted by atomic mass is 10.2. The number of thioether (sulfide) groups is 1. The third-order valence-corrected chi connectivity index (χ3v) is 5.38. The number of carbonyl (C=O) groups excluding carboxylic acids is 1. The molecule has 0 spiro atoms. The first kappa shape index (κ1) is 19.7. The van der Waals surface area contributed by atoms with Crippen LogP contribution < -0.4 is 10.6 Å². The van der Waals surface area contributed by atoms with E-state index in [4.69, 9.17) is 0 Å². The van der Waals surface area contributed by atoms with Crippen molar-refractivity contribution < 1.29 is 4.79 Å². The third kappa shape index (κ3) is 5.48. The Labute approximate surface area is 179 Å². The molecule has 2 heterocycles. The van der Waals surface area contributed by atoms with Crippen LogP contribution in [0.5, 0.6) is 0 Å². The van der Waals surface area contributed by atoms with Crippen molar-refractivity contribution in [3.8, 4) is 5.69 Å². The third-order valence-electron chi connectivity index (χ3n) is 4.37. The number of urea groups is 1. The van der Waals surface area contributed by atoms with Gasteiger partial charge >= 0.3 is 6.03 Å². The van der Waals surface area contributed by atoms with E-state index < -0.39 is 0 Å². The number of nitrogens with zero attached hydrogens (tertiary/aromatic N) is 3. The molecule has 4 rings (SSSR count). The Kier molecular flexibility index (Phi) is 6.41. The predicted molar refractivity (Wildman–Crippen MR) is 120 cm³/mol. The molecule has 0 unspecified atom stereocenters. The number of pyridine rings is 1. The molecule has 0 atom stereocenters. The van der Waals surface area contributed by atoms with Gasteiger partial charge in [0.15, 0.2) is 0 Å². The molecule has 150 valence electrons. The zero-order valence-corrected chi connectivity index (χ0v) is 17.0. The zero-order chi connectivity index (χ0) is 20.6. The van der Waals surface area contributed by atoms with E-state index in [9.17, 15) is 4.79 Å². The van der Waals surface area contributed by atoms with Crippen molar-refractivity contribution in [3.63, 3.8) is 0 Å². The average molecular weight is 416 g/mol. The number of rotatable bonds is 7. The summed E-state index contributed by atoms with van der Waals surface area (Å²) in [5.74, 6) is 0.788. The molecule has 0 saturated carbocycles. The van der Waals surface area contributed by atoms with Gasteiger partial charge in [-0.2, -0.15) is 5.10 Å². The number of nitrogens with one attached hydrogen (secondary N) is 2. The van der Waals surface area contributed by atoms with E-state index in [1.54, 1.807) is 28.8 Å². The van der Waals surface area contributed by atoms with Crippen molar-refractivity contribution >= 4 is 23.5 Å². The molecule has 4 aromatic rings. The Hall–Kier alpha value is -3.58. The molecule has 0 fully saturated rings. The maximum atomic E-state index is 12.3. The van der Waals surface area contributed by atoms with E-state index >= 15 is 0 Å². The van der Waals surface area contributed by atoms with Gasteiger partial charge < -0.3 is 10.6 Å². The van der Waals surface area contributed by atoms with Gasteiger partial charge in [0.2, 0.25) is 0 Å². The van der Waals surface area contributed by atoms with Crippen LogP contribution in [0.4, 0.5) is 10.5 Å². The summed E-state index contributed by atoms with van der Waals surface area (Å²) < 4.78 is 1.79. The molecule has 0 radical (unpaired) electrons. The molecule has 2 aromatic carbocycles. The predicted octanol–water partition coefficient (Wildman–Crippen LogP) is 4.88. The molecule has 0 bridgehead atoms. The summed E-state index contributed by atoms with van der Waals surface area (Å²) in [5.41, 5.74) is 3.88. The Morgan fingerprint density at radius 1 is 0.933 bits per heavy atom. The van der Waals surface area contributed by atoms with Crippen LogP contribution >= 0.6 is 11.8 Å². The molecule has 7 heteroatoms. The van der Waals surface area contributed by atoms with Crippen LogP contribution in [-0.4, -0.2) is 20.8 Å². The maximum absolute atomic E-state index is 12.3. The molecule has 6 nitrogen and oxygen atoms in total. The fraction of sp³-hybridized carbons (Fsp3) is 0.0870. The van der Waals surface area contributed by atoms with Crippen molar-refractivity contribution in [1.29, 1.82) is 0 Å². The Morgan fingerprint density at radius 3 is 2.60 bits per heavy atom. The SMILES string of the molecule is O=C(NCc1ccc(-n2cccn2)cc1)Nc1cccc(CSc2ccccn2)c1. The second-order valence-electron chi connectivity index (χ2n) is 6.58. The van der Waals surface area contributed by atoms with Crippen molar-refractivity contribution in [2.24, 2.45) is 0 Å². The van der Waals surface area contributed by atoms with E-state index in [0.29, 0.717) is 6.54 Å². The normalized spacial score (nSPS) is 10.5. The standard InChI is InChI=1S/C23H21N5OS/c29-23(25-16-18-8-10-21(11-9-18)28-14-4-13-26-28)27-20-6-3-5-19(15-20)17-30-22-7-1-2-12-24-22/h1-15H,16-17H2,(H2,25,27,29). The van der Waals surface area contributed by atoms with Gasteiger partial charge in [0.1, 0.15) is 0 Å². The van der Waals surface area contributed by atoms with Crippen LogP contribution in [0.2, 0.25) is 0 Å². The zero-order valence-electron chi connectivity index (χ0n) is 16.2. The van der Waals surface area contributed by atoms with Gasteiger partial charge in [0.25, 0.3) is 0 Å². The molecule has 0 aliphatic rings. The van der Waals surface area contributed by atoms with Crippen molar-refractivity contribution in [2.75, 3.05) is 5.32 Å².